The molecule has 0 spiro atoms. The summed E-state index contributed by atoms with van der Waals surface area (Å²) in [6.07, 6.45) is 4.90. The highest BCUT2D eigenvalue weighted by Gasteiger charge is 2.31. The Labute approximate surface area is 238 Å². The number of aromatic nitrogens is 4. The summed E-state index contributed by atoms with van der Waals surface area (Å²) in [6, 6.07) is 4.08. The van der Waals surface area contributed by atoms with Gasteiger partial charge >= 0.3 is 0 Å². The van der Waals surface area contributed by atoms with Gasteiger partial charge in [-0.3, -0.25) is 4.68 Å². The third kappa shape index (κ3) is 4.82. The maximum absolute atomic E-state index is 13.0. The second kappa shape index (κ2) is 10.3. The summed E-state index contributed by atoms with van der Waals surface area (Å²) in [5.74, 6) is 2.34. The maximum atomic E-state index is 13.0. The van der Waals surface area contributed by atoms with Gasteiger partial charge in [0.2, 0.25) is 20.8 Å². The molecule has 1 saturated heterocycles. The van der Waals surface area contributed by atoms with Crippen LogP contribution in [0.5, 0.6) is 5.75 Å². The Balaban J connectivity index is 1.39. The molecule has 40 heavy (non-hydrogen) atoms. The minimum absolute atomic E-state index is 0.00663. The quantitative estimate of drug-likeness (QED) is 0.270. The van der Waals surface area contributed by atoms with E-state index in [0.717, 1.165) is 54.0 Å². The number of nitrogens with one attached hydrogen (secondary N) is 3. The molecule has 0 saturated carbocycles. The molecule has 3 N–H and O–H groups in total. The molecule has 1 fully saturated rings. The zero-order valence-corrected chi connectivity index (χ0v) is 25.0. The standard InChI is InChI=1S/C28H35N7O3S2/c1-15(2)40(36,37)27-22(14-35(5)34-27)30-26-25-20(8-11-39-25)31-28(33-26)32-21-12-16(3)23(18-6-9-29-10-7-18)19-13-17(4)38-24(19)21/h8,11-12,14-15,17-18,29H,6-7,9-10,13H2,1-5H3,(H2,30,31,32,33). The van der Waals surface area contributed by atoms with Gasteiger partial charge in [0, 0.05) is 25.2 Å². The number of nitrogens with zero attached hydrogens (tertiary/aromatic N) is 4. The van der Waals surface area contributed by atoms with Crippen LogP contribution in [0.1, 0.15) is 56.2 Å². The van der Waals surface area contributed by atoms with Crippen LogP contribution in [0.15, 0.2) is 28.7 Å². The van der Waals surface area contributed by atoms with Crippen molar-refractivity contribution in [2.75, 3.05) is 23.7 Å². The van der Waals surface area contributed by atoms with E-state index in [4.69, 9.17) is 14.7 Å². The highest BCUT2D eigenvalue weighted by molar-refractivity contribution is 7.92. The summed E-state index contributed by atoms with van der Waals surface area (Å²) in [7, 11) is -1.90. The average Bonchev–Trinajstić information content (AvgIpc) is 3.63. The van der Waals surface area contributed by atoms with Gasteiger partial charge in [-0.2, -0.15) is 10.1 Å². The van der Waals surface area contributed by atoms with Gasteiger partial charge in [-0.25, -0.2) is 13.4 Å². The van der Waals surface area contributed by atoms with Gasteiger partial charge in [0.25, 0.3) is 0 Å². The first-order valence-corrected chi connectivity index (χ1v) is 16.1. The molecule has 0 amide bonds. The van der Waals surface area contributed by atoms with E-state index in [-0.39, 0.29) is 11.1 Å². The first-order valence-electron chi connectivity index (χ1n) is 13.7. The fourth-order valence-corrected chi connectivity index (χ4v) is 7.64. The predicted molar refractivity (Wildman–Crippen MR) is 159 cm³/mol. The molecule has 4 aromatic rings. The summed E-state index contributed by atoms with van der Waals surface area (Å²) < 4.78 is 34.7. The van der Waals surface area contributed by atoms with E-state index in [1.807, 2.05) is 11.4 Å². The third-order valence-electron chi connectivity index (χ3n) is 7.68. The molecule has 12 heteroatoms. The van der Waals surface area contributed by atoms with E-state index in [0.29, 0.717) is 23.4 Å². The highest BCUT2D eigenvalue weighted by Crippen LogP contribution is 2.45. The molecule has 0 bridgehead atoms. The number of hydrogen-bond donors (Lipinski definition) is 3. The molecule has 5 heterocycles. The van der Waals surface area contributed by atoms with Crippen LogP contribution in [0, 0.1) is 6.92 Å². The van der Waals surface area contributed by atoms with Crippen molar-refractivity contribution in [2.24, 2.45) is 7.05 Å². The van der Waals surface area contributed by atoms with Crippen molar-refractivity contribution in [1.82, 2.24) is 25.1 Å². The van der Waals surface area contributed by atoms with Gasteiger partial charge in [-0.15, -0.1) is 11.3 Å². The van der Waals surface area contributed by atoms with E-state index in [1.54, 1.807) is 27.1 Å². The van der Waals surface area contributed by atoms with Crippen LogP contribution in [-0.4, -0.2) is 52.6 Å². The summed E-state index contributed by atoms with van der Waals surface area (Å²) in [4.78, 5) is 9.58. The van der Waals surface area contributed by atoms with Crippen LogP contribution in [0.4, 0.5) is 23.1 Å². The number of thiophene rings is 1. The highest BCUT2D eigenvalue weighted by atomic mass is 32.2. The van der Waals surface area contributed by atoms with Crippen LogP contribution >= 0.6 is 11.3 Å². The van der Waals surface area contributed by atoms with Crippen LogP contribution in [-0.2, 0) is 23.3 Å². The largest absolute Gasteiger partial charge is 0.488 e. The van der Waals surface area contributed by atoms with Gasteiger partial charge in [0.15, 0.2) is 5.82 Å². The van der Waals surface area contributed by atoms with Gasteiger partial charge in [-0.05, 0) is 88.2 Å². The minimum atomic E-state index is -3.61. The Morgan fingerprint density at radius 1 is 1.18 bits per heavy atom. The SMILES string of the molecule is Cc1cc(Nc2nc(Nc3cn(C)nc3S(=O)(=O)C(C)C)c3sccc3n2)c2c(c1C1CCNCC1)CC(C)O2. The smallest absolute Gasteiger partial charge is 0.229 e. The molecule has 2 aliphatic rings. The number of ether oxygens (including phenoxy) is 1. The van der Waals surface area contributed by atoms with Crippen LogP contribution in [0.2, 0.25) is 0 Å². The lowest BCUT2D eigenvalue weighted by Gasteiger charge is -2.27. The maximum Gasteiger partial charge on any atom is 0.229 e. The number of piperidine rings is 1. The van der Waals surface area contributed by atoms with Crippen molar-refractivity contribution in [1.29, 1.82) is 0 Å². The Kier molecular flexibility index (Phi) is 6.96. The zero-order chi connectivity index (χ0) is 28.2. The third-order valence-corrected chi connectivity index (χ3v) is 10.7. The van der Waals surface area contributed by atoms with Gasteiger partial charge in [0.05, 0.1) is 26.8 Å². The first-order chi connectivity index (χ1) is 19.1. The van der Waals surface area contributed by atoms with Crippen molar-refractivity contribution in [2.45, 2.75) is 69.3 Å². The van der Waals surface area contributed by atoms with Crippen molar-refractivity contribution < 1.29 is 13.2 Å². The Bertz CT molecular complexity index is 1690. The van der Waals surface area contributed by atoms with Crippen molar-refractivity contribution in [3.63, 3.8) is 0 Å². The predicted octanol–water partition coefficient (Wildman–Crippen LogP) is 5.19. The van der Waals surface area contributed by atoms with Gasteiger partial charge in [-0.1, -0.05) is 0 Å². The monoisotopic (exact) mass is 581 g/mol. The molecule has 1 unspecified atom stereocenters. The van der Waals surface area contributed by atoms with Crippen molar-refractivity contribution in [3.8, 4) is 5.75 Å². The molecule has 3 aromatic heterocycles. The van der Waals surface area contributed by atoms with E-state index < -0.39 is 15.1 Å². The van der Waals surface area contributed by atoms with Crippen molar-refractivity contribution in [3.05, 3.63) is 40.4 Å². The second-order valence-corrected chi connectivity index (χ2v) is 14.4. The molecule has 6 rings (SSSR count). The summed E-state index contributed by atoms with van der Waals surface area (Å²) in [5.41, 5.74) is 5.96. The zero-order valence-electron chi connectivity index (χ0n) is 23.4. The van der Waals surface area contributed by atoms with Gasteiger partial charge in [0.1, 0.15) is 11.9 Å². The summed E-state index contributed by atoms with van der Waals surface area (Å²) in [6.45, 7) is 9.67. The molecule has 0 radical (unpaired) electrons. The first kappa shape index (κ1) is 27.0. The molecule has 212 valence electrons. The van der Waals surface area contributed by atoms with E-state index in [2.05, 4.69) is 41.0 Å². The average molecular weight is 582 g/mol. The van der Waals surface area contributed by atoms with E-state index >= 15 is 0 Å². The number of aryl methyl sites for hydroxylation is 2. The lowest BCUT2D eigenvalue weighted by Crippen LogP contribution is -2.27. The number of rotatable bonds is 7. The molecule has 1 atom stereocenters. The number of anilines is 4. The molecular formula is C28H35N7O3S2. The van der Waals surface area contributed by atoms with Crippen molar-refractivity contribution >= 4 is 54.5 Å². The Morgan fingerprint density at radius 3 is 2.70 bits per heavy atom. The fraction of sp³-hybridized carbons (Fsp3) is 0.464. The summed E-state index contributed by atoms with van der Waals surface area (Å²) in [5, 5.41) is 15.8. The second-order valence-electron chi connectivity index (χ2n) is 11.0. The van der Waals surface area contributed by atoms with Crippen LogP contribution in [0.25, 0.3) is 10.2 Å². The molecule has 2 aliphatic heterocycles. The van der Waals surface area contributed by atoms with Crippen LogP contribution < -0.4 is 20.7 Å². The number of sulfone groups is 1. The molecular weight excluding hydrogens is 546 g/mol. The molecule has 0 aliphatic carbocycles. The van der Waals surface area contributed by atoms with Gasteiger partial charge < -0.3 is 20.7 Å². The molecule has 1 aromatic carbocycles. The number of hydrogen-bond acceptors (Lipinski definition) is 10. The lowest BCUT2D eigenvalue weighted by molar-refractivity contribution is 0.256. The van der Waals surface area contributed by atoms with Crippen LogP contribution in [0.3, 0.4) is 0 Å². The van der Waals surface area contributed by atoms with E-state index in [1.165, 1.54) is 32.7 Å². The number of benzene rings is 1. The molecule has 10 nitrogen and oxygen atoms in total. The minimum Gasteiger partial charge on any atom is -0.488 e. The summed E-state index contributed by atoms with van der Waals surface area (Å²) >= 11 is 1.49. The topological polar surface area (TPSA) is 123 Å². The normalized spacial score (nSPS) is 17.8. The Hall–Kier alpha value is -3.22. The van der Waals surface area contributed by atoms with E-state index in [9.17, 15) is 8.42 Å². The fourth-order valence-electron chi connectivity index (χ4n) is 5.76. The Morgan fingerprint density at radius 2 is 1.95 bits per heavy atom. The number of fused-ring (bicyclic) bond motifs is 2. The lowest BCUT2D eigenvalue weighted by atomic mass is 9.83.